The first-order valence-electron chi connectivity index (χ1n) is 12.3. The van der Waals surface area contributed by atoms with E-state index in [0.717, 1.165) is 63.5 Å². The van der Waals surface area contributed by atoms with E-state index in [1.807, 2.05) is 0 Å². The van der Waals surface area contributed by atoms with E-state index in [2.05, 4.69) is 52.4 Å². The number of hydrogen-bond acceptors (Lipinski definition) is 6. The van der Waals surface area contributed by atoms with Crippen LogP contribution >= 0.6 is 0 Å². The molecule has 0 N–H and O–H groups in total. The maximum Gasteiger partial charge on any atom is 0.330 e. The van der Waals surface area contributed by atoms with Gasteiger partial charge in [-0.3, -0.25) is 0 Å². The highest BCUT2D eigenvalue weighted by Gasteiger charge is 2.39. The summed E-state index contributed by atoms with van der Waals surface area (Å²) < 4.78 is 23.4. The first-order chi connectivity index (χ1) is 15.3. The summed E-state index contributed by atoms with van der Waals surface area (Å²) in [6.45, 7) is 21.3. The molecule has 0 aromatic heterocycles. The molecule has 0 bridgehead atoms. The third kappa shape index (κ3) is 19.0. The maximum atomic E-state index is 11.0. The molecule has 0 radical (unpaired) electrons. The third-order valence-corrected chi connectivity index (χ3v) is 16.7. The summed E-state index contributed by atoms with van der Waals surface area (Å²) in [5, 5.41) is 0. The summed E-state index contributed by atoms with van der Waals surface area (Å²) in [5.74, 6) is -0.690. The van der Waals surface area contributed by atoms with Crippen LogP contribution in [0.3, 0.4) is 0 Å². The van der Waals surface area contributed by atoms with Gasteiger partial charge in [0.05, 0.1) is 13.2 Å². The zero-order valence-electron chi connectivity index (χ0n) is 22.0. The molecule has 0 rings (SSSR count). The van der Waals surface area contributed by atoms with Gasteiger partial charge in [0.15, 0.2) is 16.6 Å². The molecular weight excluding hydrogens is 469 g/mol. The van der Waals surface area contributed by atoms with Crippen LogP contribution in [0.15, 0.2) is 25.3 Å². The van der Waals surface area contributed by atoms with E-state index in [1.54, 1.807) is 0 Å². The lowest BCUT2D eigenvalue weighted by Crippen LogP contribution is -2.52. The molecular formula is C24H48O6Si3. The Labute approximate surface area is 205 Å². The molecule has 0 saturated heterocycles. The molecule has 192 valence electrons. The van der Waals surface area contributed by atoms with Gasteiger partial charge >= 0.3 is 20.5 Å². The van der Waals surface area contributed by atoms with Crippen LogP contribution in [-0.4, -0.2) is 50.3 Å². The van der Waals surface area contributed by atoms with E-state index in [0.29, 0.717) is 13.2 Å². The number of carbonyl (C=O) groups is 2. The minimum atomic E-state index is -2.18. The second-order valence-electron chi connectivity index (χ2n) is 10.2. The summed E-state index contributed by atoms with van der Waals surface area (Å²) in [4.78, 5) is 22.1. The van der Waals surface area contributed by atoms with E-state index < -0.39 is 25.2 Å². The topological polar surface area (TPSA) is 71.1 Å². The molecule has 0 aliphatic heterocycles. The van der Waals surface area contributed by atoms with E-state index >= 15 is 0 Å². The molecule has 0 aromatic carbocycles. The van der Waals surface area contributed by atoms with Crippen LogP contribution in [0, 0.1) is 0 Å². The predicted octanol–water partition coefficient (Wildman–Crippen LogP) is 6.71. The molecule has 0 unspecified atom stereocenters. The number of hydrogen-bond donors (Lipinski definition) is 0. The van der Waals surface area contributed by atoms with Gasteiger partial charge in [-0.2, -0.15) is 0 Å². The van der Waals surface area contributed by atoms with Gasteiger partial charge in [-0.15, -0.1) is 0 Å². The van der Waals surface area contributed by atoms with Crippen molar-refractivity contribution in [2.75, 3.05) is 13.2 Å². The molecule has 0 aromatic rings. The van der Waals surface area contributed by atoms with Gasteiger partial charge in [0.2, 0.25) is 0 Å². The van der Waals surface area contributed by atoms with E-state index in [1.165, 1.54) is 12.2 Å². The van der Waals surface area contributed by atoms with Crippen LogP contribution in [0.2, 0.25) is 51.4 Å². The SMILES string of the molecule is C=CC(=O)OCCCCCC[Si](C)(C)O[Si](C)(C)O[Si](C)(C)CCCCCCOC(=O)C=C. The van der Waals surface area contributed by atoms with Crippen molar-refractivity contribution in [3.8, 4) is 0 Å². The third-order valence-electron chi connectivity index (χ3n) is 5.21. The lowest BCUT2D eigenvalue weighted by Gasteiger charge is -2.39. The normalized spacial score (nSPS) is 12.3. The summed E-state index contributed by atoms with van der Waals surface area (Å²) in [7, 11) is -5.75. The largest absolute Gasteiger partial charge is 0.463 e. The van der Waals surface area contributed by atoms with Crippen LogP contribution in [0.4, 0.5) is 0 Å². The first kappa shape index (κ1) is 32.0. The smallest absolute Gasteiger partial charge is 0.330 e. The summed E-state index contributed by atoms with van der Waals surface area (Å²) in [6.07, 6.45) is 10.8. The van der Waals surface area contributed by atoms with Crippen LogP contribution in [0.25, 0.3) is 0 Å². The number of esters is 2. The Hall–Kier alpha value is -1.01. The number of unbranched alkanes of at least 4 members (excludes halogenated alkanes) is 6. The molecule has 0 saturated carbocycles. The first-order valence-corrected chi connectivity index (χ1v) is 21.4. The van der Waals surface area contributed by atoms with Crippen molar-refractivity contribution < 1.29 is 27.3 Å². The number of ether oxygens (including phenoxy) is 2. The van der Waals surface area contributed by atoms with Crippen molar-refractivity contribution in [2.45, 2.75) is 103 Å². The zero-order valence-corrected chi connectivity index (χ0v) is 25.0. The molecule has 0 fully saturated rings. The maximum absolute atomic E-state index is 11.0. The minimum absolute atomic E-state index is 0.345. The standard InChI is InChI=1S/C24H48O6Si3/c1-9-23(25)27-19-15-11-13-17-21-31(3,4)29-33(7,8)30-32(5,6)22-18-14-12-16-20-28-24(26)10-2/h9-10H,1-2,11-22H2,3-8H3. The van der Waals surface area contributed by atoms with Gasteiger partial charge in [0.1, 0.15) is 0 Å². The Morgan fingerprint density at radius 3 is 1.27 bits per heavy atom. The van der Waals surface area contributed by atoms with Gasteiger partial charge in [0, 0.05) is 12.2 Å². The fourth-order valence-corrected chi connectivity index (χ4v) is 18.1. The Morgan fingerprint density at radius 2 is 0.939 bits per heavy atom. The van der Waals surface area contributed by atoms with E-state index in [-0.39, 0.29) is 11.9 Å². The van der Waals surface area contributed by atoms with Crippen LogP contribution in [0.1, 0.15) is 51.4 Å². The van der Waals surface area contributed by atoms with E-state index in [9.17, 15) is 9.59 Å². The van der Waals surface area contributed by atoms with Crippen molar-refractivity contribution >= 4 is 37.1 Å². The number of rotatable bonds is 20. The van der Waals surface area contributed by atoms with Crippen molar-refractivity contribution in [1.29, 1.82) is 0 Å². The minimum Gasteiger partial charge on any atom is -0.463 e. The quantitative estimate of drug-likeness (QED) is 0.0775. The molecule has 0 aliphatic carbocycles. The van der Waals surface area contributed by atoms with Crippen LogP contribution in [0.5, 0.6) is 0 Å². The van der Waals surface area contributed by atoms with Gasteiger partial charge in [-0.1, -0.05) is 51.7 Å². The van der Waals surface area contributed by atoms with Crippen molar-refractivity contribution in [1.82, 2.24) is 0 Å². The Balaban J connectivity index is 4.13. The van der Waals surface area contributed by atoms with Gasteiger partial charge < -0.3 is 17.7 Å². The molecule has 0 atom stereocenters. The van der Waals surface area contributed by atoms with Crippen LogP contribution in [-0.2, 0) is 27.3 Å². The highest BCUT2D eigenvalue weighted by molar-refractivity contribution is 6.87. The second-order valence-corrected chi connectivity index (χ2v) is 22.7. The fourth-order valence-electron chi connectivity index (χ4n) is 3.93. The molecule has 0 spiro atoms. The van der Waals surface area contributed by atoms with Crippen molar-refractivity contribution in [3.63, 3.8) is 0 Å². The van der Waals surface area contributed by atoms with Crippen LogP contribution < -0.4 is 0 Å². The average Bonchev–Trinajstić information content (AvgIpc) is 2.69. The highest BCUT2D eigenvalue weighted by Crippen LogP contribution is 2.27. The fraction of sp³-hybridized carbons (Fsp3) is 0.750. The molecule has 6 nitrogen and oxygen atoms in total. The predicted molar refractivity (Wildman–Crippen MR) is 143 cm³/mol. The molecule has 0 amide bonds. The molecule has 9 heteroatoms. The second kappa shape index (κ2) is 16.6. The lowest BCUT2D eigenvalue weighted by molar-refractivity contribution is -0.138. The Kier molecular flexibility index (Phi) is 16.1. The number of carbonyl (C=O) groups excluding carboxylic acids is 2. The Bertz CT molecular complexity index is 555. The van der Waals surface area contributed by atoms with E-state index in [4.69, 9.17) is 17.7 Å². The summed E-state index contributed by atoms with van der Waals surface area (Å²) in [6, 6.07) is 2.25. The lowest BCUT2D eigenvalue weighted by atomic mass is 10.2. The average molecular weight is 517 g/mol. The van der Waals surface area contributed by atoms with Gasteiger partial charge in [-0.25, -0.2) is 9.59 Å². The van der Waals surface area contributed by atoms with Gasteiger partial charge in [0.25, 0.3) is 0 Å². The molecule has 0 heterocycles. The molecule has 0 aliphatic rings. The zero-order chi connectivity index (χ0) is 25.4. The van der Waals surface area contributed by atoms with Gasteiger partial charge in [-0.05, 0) is 64.2 Å². The Morgan fingerprint density at radius 1 is 0.606 bits per heavy atom. The summed E-state index contributed by atoms with van der Waals surface area (Å²) in [5.41, 5.74) is 0. The summed E-state index contributed by atoms with van der Waals surface area (Å²) >= 11 is 0. The monoisotopic (exact) mass is 516 g/mol. The van der Waals surface area contributed by atoms with Crippen molar-refractivity contribution in [3.05, 3.63) is 25.3 Å². The van der Waals surface area contributed by atoms with Crippen molar-refractivity contribution in [2.24, 2.45) is 0 Å². The highest BCUT2D eigenvalue weighted by atomic mass is 28.5. The molecule has 33 heavy (non-hydrogen) atoms.